The lowest BCUT2D eigenvalue weighted by Gasteiger charge is -2.39. The molecule has 1 aliphatic heterocycles. The van der Waals surface area contributed by atoms with Crippen LogP contribution in [0.25, 0.3) is 0 Å². The number of hydrogen-bond acceptors (Lipinski definition) is 4. The molecule has 0 spiro atoms. The molecule has 0 aromatic carbocycles. The van der Waals surface area contributed by atoms with Gasteiger partial charge in [0.25, 0.3) is 0 Å². The Morgan fingerprint density at radius 2 is 2.26 bits per heavy atom. The third-order valence-electron chi connectivity index (χ3n) is 3.16. The summed E-state index contributed by atoms with van der Waals surface area (Å²) in [5.74, 6) is 0.0514. The van der Waals surface area contributed by atoms with Crippen molar-refractivity contribution < 1.29 is 19.1 Å². The molecule has 1 heterocycles. The fourth-order valence-electron chi connectivity index (χ4n) is 2.27. The Morgan fingerprint density at radius 1 is 1.53 bits per heavy atom. The summed E-state index contributed by atoms with van der Waals surface area (Å²) in [5.41, 5.74) is 0. The number of Topliss-reactive ketones (excluding diaryl/α,β-unsaturated/α-hetero) is 1. The molecule has 1 fully saturated rings. The fourth-order valence-corrected chi connectivity index (χ4v) is 2.49. The molecule has 19 heavy (non-hydrogen) atoms. The summed E-state index contributed by atoms with van der Waals surface area (Å²) in [6.45, 7) is 4.27. The van der Waals surface area contributed by atoms with Crippen molar-refractivity contribution in [3.05, 3.63) is 12.7 Å². The Morgan fingerprint density at radius 3 is 2.84 bits per heavy atom. The Hall–Kier alpha value is -0.880. The van der Waals surface area contributed by atoms with Gasteiger partial charge in [0, 0.05) is 20.1 Å². The number of halogens is 1. The number of alkyl halides is 1. The SMILES string of the molecule is C=CCOC(=O)N1CCCC(OC)C1CC(=O)CBr. The van der Waals surface area contributed by atoms with E-state index in [1.165, 1.54) is 6.08 Å². The van der Waals surface area contributed by atoms with Crippen LogP contribution in [0.2, 0.25) is 0 Å². The van der Waals surface area contributed by atoms with Crippen molar-refractivity contribution in [3.8, 4) is 0 Å². The predicted octanol–water partition coefficient (Wildman–Crippen LogP) is 2.14. The molecule has 1 rings (SSSR count). The van der Waals surface area contributed by atoms with Crippen LogP contribution in [0.15, 0.2) is 12.7 Å². The molecular formula is C13H20BrNO4. The van der Waals surface area contributed by atoms with E-state index in [2.05, 4.69) is 22.5 Å². The molecule has 108 valence electrons. The van der Waals surface area contributed by atoms with E-state index in [9.17, 15) is 9.59 Å². The molecule has 1 amide bonds. The van der Waals surface area contributed by atoms with Gasteiger partial charge in [-0.25, -0.2) is 4.79 Å². The van der Waals surface area contributed by atoms with Crippen LogP contribution >= 0.6 is 15.9 Å². The van der Waals surface area contributed by atoms with Crippen molar-refractivity contribution in [3.63, 3.8) is 0 Å². The minimum Gasteiger partial charge on any atom is -0.445 e. The van der Waals surface area contributed by atoms with Crippen LogP contribution in [0.5, 0.6) is 0 Å². The first-order valence-corrected chi connectivity index (χ1v) is 7.41. The van der Waals surface area contributed by atoms with Crippen LogP contribution < -0.4 is 0 Å². The first kappa shape index (κ1) is 16.2. The number of methoxy groups -OCH3 is 1. The monoisotopic (exact) mass is 333 g/mol. The van der Waals surface area contributed by atoms with E-state index in [0.29, 0.717) is 6.54 Å². The van der Waals surface area contributed by atoms with Crippen molar-refractivity contribution >= 4 is 27.8 Å². The van der Waals surface area contributed by atoms with Crippen LogP contribution in [0.3, 0.4) is 0 Å². The van der Waals surface area contributed by atoms with Gasteiger partial charge in [-0.1, -0.05) is 28.6 Å². The van der Waals surface area contributed by atoms with E-state index in [0.717, 1.165) is 12.8 Å². The zero-order valence-corrected chi connectivity index (χ0v) is 12.7. The highest BCUT2D eigenvalue weighted by atomic mass is 79.9. The quantitative estimate of drug-likeness (QED) is 0.552. The van der Waals surface area contributed by atoms with Crippen LogP contribution in [-0.2, 0) is 14.3 Å². The second-order valence-electron chi connectivity index (χ2n) is 4.42. The Kier molecular flexibility index (Phi) is 7.09. The lowest BCUT2D eigenvalue weighted by molar-refractivity contribution is -0.119. The highest BCUT2D eigenvalue weighted by molar-refractivity contribution is 9.09. The van der Waals surface area contributed by atoms with E-state index in [1.54, 1.807) is 12.0 Å². The van der Waals surface area contributed by atoms with Gasteiger partial charge in [0.05, 0.1) is 17.5 Å². The van der Waals surface area contributed by atoms with E-state index in [1.807, 2.05) is 0 Å². The van der Waals surface area contributed by atoms with Gasteiger partial charge in [-0.15, -0.1) is 0 Å². The van der Waals surface area contributed by atoms with E-state index in [4.69, 9.17) is 9.47 Å². The summed E-state index contributed by atoms with van der Waals surface area (Å²) < 4.78 is 10.5. The Labute approximate surface area is 122 Å². The van der Waals surface area contributed by atoms with Gasteiger partial charge < -0.3 is 14.4 Å². The number of carbonyl (C=O) groups is 2. The number of amides is 1. The van der Waals surface area contributed by atoms with Gasteiger partial charge >= 0.3 is 6.09 Å². The van der Waals surface area contributed by atoms with Crippen molar-refractivity contribution in [2.24, 2.45) is 0 Å². The molecule has 0 bridgehead atoms. The second kappa shape index (κ2) is 8.32. The topological polar surface area (TPSA) is 55.8 Å². The third kappa shape index (κ3) is 4.62. The number of rotatable bonds is 6. The maximum Gasteiger partial charge on any atom is 0.410 e. The minimum absolute atomic E-state index is 0.0514. The van der Waals surface area contributed by atoms with E-state index < -0.39 is 6.09 Å². The molecule has 2 unspecified atom stereocenters. The fraction of sp³-hybridized carbons (Fsp3) is 0.692. The van der Waals surface area contributed by atoms with Gasteiger partial charge in [-0.2, -0.15) is 0 Å². The first-order valence-electron chi connectivity index (χ1n) is 6.28. The Balaban J connectivity index is 2.75. The van der Waals surface area contributed by atoms with Crippen LogP contribution in [0.1, 0.15) is 19.3 Å². The lowest BCUT2D eigenvalue weighted by Crippen LogP contribution is -2.52. The summed E-state index contributed by atoms with van der Waals surface area (Å²) in [4.78, 5) is 25.2. The molecule has 0 aromatic rings. The normalized spacial score (nSPS) is 22.9. The predicted molar refractivity (Wildman–Crippen MR) is 75.5 cm³/mol. The zero-order valence-electron chi connectivity index (χ0n) is 11.1. The maximum atomic E-state index is 12.0. The van der Waals surface area contributed by atoms with Gasteiger partial charge in [0.2, 0.25) is 0 Å². The van der Waals surface area contributed by atoms with Crippen LogP contribution in [-0.4, -0.2) is 54.5 Å². The summed E-state index contributed by atoms with van der Waals surface area (Å²) in [7, 11) is 1.61. The molecule has 0 radical (unpaired) electrons. The molecule has 2 atom stereocenters. The summed E-state index contributed by atoms with van der Waals surface area (Å²) in [5, 5.41) is 0.287. The van der Waals surface area contributed by atoms with Crippen molar-refractivity contribution in [2.45, 2.75) is 31.4 Å². The van der Waals surface area contributed by atoms with Gasteiger partial charge in [-0.05, 0) is 12.8 Å². The largest absolute Gasteiger partial charge is 0.445 e. The number of piperidine rings is 1. The third-order valence-corrected chi connectivity index (χ3v) is 3.79. The molecule has 1 aliphatic rings. The minimum atomic E-state index is -0.408. The molecular weight excluding hydrogens is 314 g/mol. The standard InChI is InChI=1S/C13H20BrNO4/c1-3-7-19-13(17)15-6-4-5-12(18-2)11(15)8-10(16)9-14/h3,11-12H,1,4-9H2,2H3. The number of carbonyl (C=O) groups excluding carboxylic acids is 2. The molecule has 6 heteroatoms. The molecule has 0 N–H and O–H groups in total. The summed E-state index contributed by atoms with van der Waals surface area (Å²) >= 11 is 3.14. The van der Waals surface area contributed by atoms with Gasteiger partial charge in [0.15, 0.2) is 0 Å². The highest BCUT2D eigenvalue weighted by Crippen LogP contribution is 2.24. The van der Waals surface area contributed by atoms with Gasteiger partial charge in [-0.3, -0.25) is 4.79 Å². The first-order chi connectivity index (χ1) is 9.13. The van der Waals surface area contributed by atoms with Crippen molar-refractivity contribution in [2.75, 3.05) is 25.6 Å². The molecule has 0 saturated carbocycles. The number of ether oxygens (including phenoxy) is 2. The smallest absolute Gasteiger partial charge is 0.410 e. The average molecular weight is 334 g/mol. The second-order valence-corrected chi connectivity index (χ2v) is 4.98. The molecule has 1 saturated heterocycles. The van der Waals surface area contributed by atoms with Crippen molar-refractivity contribution in [1.82, 2.24) is 4.90 Å². The Bertz CT molecular complexity index is 335. The van der Waals surface area contributed by atoms with E-state index in [-0.39, 0.29) is 36.3 Å². The summed E-state index contributed by atoms with van der Waals surface area (Å²) in [6, 6.07) is -0.249. The molecule has 0 aromatic heterocycles. The number of hydrogen-bond donors (Lipinski definition) is 0. The van der Waals surface area contributed by atoms with Crippen molar-refractivity contribution in [1.29, 1.82) is 0 Å². The number of ketones is 1. The summed E-state index contributed by atoms with van der Waals surface area (Å²) in [6.07, 6.45) is 2.98. The van der Waals surface area contributed by atoms with Crippen LogP contribution in [0.4, 0.5) is 4.79 Å². The van der Waals surface area contributed by atoms with Gasteiger partial charge in [0.1, 0.15) is 12.4 Å². The average Bonchev–Trinajstić information content (AvgIpc) is 2.44. The number of likely N-dealkylation sites (tertiary alicyclic amines) is 1. The van der Waals surface area contributed by atoms with Crippen LogP contribution in [0, 0.1) is 0 Å². The zero-order chi connectivity index (χ0) is 14.3. The van der Waals surface area contributed by atoms with E-state index >= 15 is 0 Å². The highest BCUT2D eigenvalue weighted by Gasteiger charge is 2.36. The maximum absolute atomic E-state index is 12.0. The molecule has 5 nitrogen and oxygen atoms in total. The number of nitrogens with zero attached hydrogens (tertiary/aromatic N) is 1. The molecule has 0 aliphatic carbocycles. The lowest BCUT2D eigenvalue weighted by atomic mass is 9.95.